The van der Waals surface area contributed by atoms with E-state index in [9.17, 15) is 22.7 Å². The minimum absolute atomic E-state index is 0.207. The second kappa shape index (κ2) is 6.97. The SMILES string of the molecule is O=C(O)c1cc(Cl)c(O)c(S(=O)(=O)Cc2cc(-n3nccn3)ccc2F)c1. The van der Waals surface area contributed by atoms with Gasteiger partial charge in [-0.05, 0) is 30.3 Å². The van der Waals surface area contributed by atoms with Gasteiger partial charge in [-0.2, -0.15) is 15.0 Å². The van der Waals surface area contributed by atoms with Gasteiger partial charge in [0.15, 0.2) is 15.6 Å². The molecular formula is C16H11ClFN3O5S. The number of benzene rings is 2. The number of aromatic carboxylic acids is 1. The van der Waals surface area contributed by atoms with Crippen LogP contribution in [0.2, 0.25) is 5.02 Å². The average Bonchev–Trinajstić information content (AvgIpc) is 3.13. The Kier molecular flexibility index (Phi) is 4.85. The zero-order valence-electron chi connectivity index (χ0n) is 13.4. The Morgan fingerprint density at radius 3 is 2.48 bits per heavy atom. The van der Waals surface area contributed by atoms with Gasteiger partial charge < -0.3 is 10.2 Å². The number of nitrogens with zero attached hydrogens (tertiary/aromatic N) is 3. The van der Waals surface area contributed by atoms with E-state index in [1.165, 1.54) is 29.3 Å². The predicted molar refractivity (Wildman–Crippen MR) is 92.3 cm³/mol. The first kappa shape index (κ1) is 18.8. The van der Waals surface area contributed by atoms with Gasteiger partial charge in [-0.3, -0.25) is 0 Å². The van der Waals surface area contributed by atoms with Gasteiger partial charge in [0, 0.05) is 5.56 Å². The van der Waals surface area contributed by atoms with Crippen LogP contribution in [0.4, 0.5) is 4.39 Å². The second-order valence-electron chi connectivity index (χ2n) is 5.46. The van der Waals surface area contributed by atoms with Crippen LogP contribution in [0.25, 0.3) is 5.69 Å². The molecular weight excluding hydrogens is 401 g/mol. The summed E-state index contributed by atoms with van der Waals surface area (Å²) in [6.07, 6.45) is 2.80. The molecule has 0 aliphatic heterocycles. The van der Waals surface area contributed by atoms with Crippen LogP contribution in [0.5, 0.6) is 5.75 Å². The maximum Gasteiger partial charge on any atom is 0.335 e. The summed E-state index contributed by atoms with van der Waals surface area (Å²) in [4.78, 5) is 11.6. The van der Waals surface area contributed by atoms with Crippen molar-refractivity contribution >= 4 is 27.4 Å². The van der Waals surface area contributed by atoms with E-state index < -0.39 is 48.6 Å². The number of sulfone groups is 1. The zero-order chi connectivity index (χ0) is 19.8. The molecule has 0 amide bonds. The topological polar surface area (TPSA) is 122 Å². The fraction of sp³-hybridized carbons (Fsp3) is 0.0625. The highest BCUT2D eigenvalue weighted by molar-refractivity contribution is 7.90. The number of halogens is 2. The number of carbonyl (C=O) groups is 1. The molecule has 0 unspecified atom stereocenters. The van der Waals surface area contributed by atoms with Gasteiger partial charge in [0.2, 0.25) is 0 Å². The van der Waals surface area contributed by atoms with E-state index in [-0.39, 0.29) is 5.56 Å². The first-order valence-corrected chi connectivity index (χ1v) is 9.36. The third-order valence-electron chi connectivity index (χ3n) is 3.63. The number of rotatable bonds is 5. The van der Waals surface area contributed by atoms with Crippen molar-refractivity contribution in [2.45, 2.75) is 10.6 Å². The van der Waals surface area contributed by atoms with Crippen molar-refractivity contribution in [2.75, 3.05) is 0 Å². The summed E-state index contributed by atoms with van der Waals surface area (Å²) in [7, 11) is -4.32. The molecule has 0 fully saturated rings. The number of hydrogen-bond acceptors (Lipinski definition) is 6. The zero-order valence-corrected chi connectivity index (χ0v) is 14.9. The summed E-state index contributed by atoms with van der Waals surface area (Å²) in [5.41, 5.74) is -0.305. The molecule has 27 heavy (non-hydrogen) atoms. The third-order valence-corrected chi connectivity index (χ3v) is 5.60. The lowest BCUT2D eigenvalue weighted by Gasteiger charge is -2.11. The second-order valence-corrected chi connectivity index (χ2v) is 7.83. The van der Waals surface area contributed by atoms with E-state index in [2.05, 4.69) is 10.2 Å². The Balaban J connectivity index is 2.05. The predicted octanol–water partition coefficient (Wildman–Crippen LogP) is 2.44. The van der Waals surface area contributed by atoms with Gasteiger partial charge in [-0.25, -0.2) is 17.6 Å². The van der Waals surface area contributed by atoms with Crippen LogP contribution in [-0.4, -0.2) is 39.6 Å². The quantitative estimate of drug-likeness (QED) is 0.661. The van der Waals surface area contributed by atoms with Crippen LogP contribution < -0.4 is 0 Å². The van der Waals surface area contributed by atoms with Crippen molar-refractivity contribution < 1.29 is 27.8 Å². The van der Waals surface area contributed by atoms with Gasteiger partial charge in [0.25, 0.3) is 0 Å². The lowest BCUT2D eigenvalue weighted by Crippen LogP contribution is -2.10. The number of phenols is 1. The number of hydrogen-bond donors (Lipinski definition) is 2. The largest absolute Gasteiger partial charge is 0.505 e. The molecule has 2 N–H and O–H groups in total. The summed E-state index contributed by atoms with van der Waals surface area (Å²) >= 11 is 5.72. The monoisotopic (exact) mass is 411 g/mol. The van der Waals surface area contributed by atoms with Crippen LogP contribution in [0, 0.1) is 5.82 Å². The maximum absolute atomic E-state index is 14.1. The molecule has 3 aromatic rings. The lowest BCUT2D eigenvalue weighted by molar-refractivity contribution is 0.0696. The molecule has 0 aliphatic rings. The van der Waals surface area contributed by atoms with Gasteiger partial charge in [0.05, 0.1) is 34.4 Å². The number of phenolic OH excluding ortho intramolecular Hbond substituents is 1. The standard InChI is InChI=1S/C16H11ClFN3O5S/c17-12-6-9(16(23)24)7-14(15(12)22)27(25,26)8-10-5-11(1-2-13(10)18)21-19-3-4-20-21/h1-7,22H,8H2,(H,23,24). The molecule has 3 rings (SSSR count). The van der Waals surface area contributed by atoms with Gasteiger partial charge in [0.1, 0.15) is 10.7 Å². The van der Waals surface area contributed by atoms with Crippen molar-refractivity contribution in [1.82, 2.24) is 15.0 Å². The van der Waals surface area contributed by atoms with E-state index in [0.29, 0.717) is 5.69 Å². The summed E-state index contributed by atoms with van der Waals surface area (Å²) in [5, 5.41) is 26.3. The molecule has 1 aromatic heterocycles. The normalized spacial score (nSPS) is 11.5. The van der Waals surface area contributed by atoms with Crippen LogP contribution in [0.15, 0.2) is 47.6 Å². The van der Waals surface area contributed by atoms with E-state index in [1.54, 1.807) is 0 Å². The van der Waals surface area contributed by atoms with E-state index >= 15 is 0 Å². The summed E-state index contributed by atoms with van der Waals surface area (Å²) in [6.45, 7) is 0. The first-order chi connectivity index (χ1) is 12.7. The molecule has 0 bridgehead atoms. The molecule has 2 aromatic carbocycles. The molecule has 11 heteroatoms. The first-order valence-electron chi connectivity index (χ1n) is 7.33. The molecule has 0 spiro atoms. The van der Waals surface area contributed by atoms with Gasteiger partial charge in [-0.15, -0.1) is 0 Å². The van der Waals surface area contributed by atoms with E-state index in [0.717, 1.165) is 18.2 Å². The number of carboxylic acid groups (broad SMARTS) is 1. The molecule has 0 saturated carbocycles. The van der Waals surface area contributed by atoms with Crippen molar-refractivity contribution in [3.63, 3.8) is 0 Å². The minimum atomic E-state index is -4.32. The molecule has 0 atom stereocenters. The fourth-order valence-corrected chi connectivity index (χ4v) is 4.13. The minimum Gasteiger partial charge on any atom is -0.505 e. The lowest BCUT2D eigenvalue weighted by atomic mass is 10.2. The summed E-state index contributed by atoms with van der Waals surface area (Å²) in [6, 6.07) is 5.36. The highest BCUT2D eigenvalue weighted by Gasteiger charge is 2.25. The van der Waals surface area contributed by atoms with Crippen molar-refractivity contribution in [3.05, 3.63) is 64.7 Å². The van der Waals surface area contributed by atoms with Crippen LogP contribution in [0.1, 0.15) is 15.9 Å². The number of carboxylic acids is 1. The van der Waals surface area contributed by atoms with Gasteiger partial charge >= 0.3 is 5.97 Å². The average molecular weight is 412 g/mol. The number of aromatic hydroxyl groups is 1. The van der Waals surface area contributed by atoms with Gasteiger partial charge in [-0.1, -0.05) is 11.6 Å². The van der Waals surface area contributed by atoms with Crippen LogP contribution in [-0.2, 0) is 15.6 Å². The highest BCUT2D eigenvalue weighted by Crippen LogP contribution is 2.34. The number of aromatic nitrogens is 3. The van der Waals surface area contributed by atoms with Crippen molar-refractivity contribution in [3.8, 4) is 11.4 Å². The van der Waals surface area contributed by atoms with Crippen LogP contribution >= 0.6 is 11.6 Å². The van der Waals surface area contributed by atoms with E-state index in [4.69, 9.17) is 16.7 Å². The Bertz CT molecular complexity index is 1130. The molecule has 0 saturated heterocycles. The third kappa shape index (κ3) is 3.76. The maximum atomic E-state index is 14.1. The Labute approximate surface area is 157 Å². The van der Waals surface area contributed by atoms with Crippen molar-refractivity contribution in [2.24, 2.45) is 0 Å². The molecule has 1 heterocycles. The Hall–Kier alpha value is -2.98. The summed E-state index contributed by atoms with van der Waals surface area (Å²) < 4.78 is 39.5. The van der Waals surface area contributed by atoms with E-state index in [1.807, 2.05) is 0 Å². The summed E-state index contributed by atoms with van der Waals surface area (Å²) in [5.74, 6) is -3.85. The Morgan fingerprint density at radius 2 is 1.85 bits per heavy atom. The molecule has 8 nitrogen and oxygen atoms in total. The molecule has 140 valence electrons. The fourth-order valence-electron chi connectivity index (χ4n) is 2.36. The molecule has 0 aliphatic carbocycles. The van der Waals surface area contributed by atoms with Crippen LogP contribution in [0.3, 0.4) is 0 Å². The van der Waals surface area contributed by atoms with Crippen molar-refractivity contribution in [1.29, 1.82) is 0 Å². The smallest absolute Gasteiger partial charge is 0.335 e. The molecule has 0 radical (unpaired) electrons. The Morgan fingerprint density at radius 1 is 1.19 bits per heavy atom. The highest BCUT2D eigenvalue weighted by atomic mass is 35.5.